The third-order valence-electron chi connectivity index (χ3n) is 3.72. The Morgan fingerprint density at radius 1 is 1.38 bits per heavy atom. The number of fused-ring (bicyclic) bond motifs is 1. The molecule has 2 aromatic heterocycles. The summed E-state index contributed by atoms with van der Waals surface area (Å²) in [5.41, 5.74) is 3.18. The minimum absolute atomic E-state index is 0.266. The van der Waals surface area contributed by atoms with E-state index in [-0.39, 0.29) is 5.56 Å². The first kappa shape index (κ1) is 13.8. The number of nitrogens with zero attached hydrogens (tertiary/aromatic N) is 1. The molecule has 1 aromatic carbocycles. The van der Waals surface area contributed by atoms with Crippen LogP contribution in [0.25, 0.3) is 10.9 Å². The van der Waals surface area contributed by atoms with E-state index < -0.39 is 5.97 Å². The van der Waals surface area contributed by atoms with Gasteiger partial charge in [0.05, 0.1) is 24.3 Å². The highest BCUT2D eigenvalue weighted by atomic mass is 35.5. The first-order chi connectivity index (χ1) is 10.1. The second kappa shape index (κ2) is 5.30. The van der Waals surface area contributed by atoms with E-state index in [9.17, 15) is 9.90 Å². The fourth-order valence-electron chi connectivity index (χ4n) is 2.62. The van der Waals surface area contributed by atoms with Crippen LogP contribution < -0.4 is 0 Å². The van der Waals surface area contributed by atoms with E-state index in [1.54, 1.807) is 18.4 Å². The summed E-state index contributed by atoms with van der Waals surface area (Å²) in [5.74, 6) is 0.232. The van der Waals surface area contributed by atoms with Crippen LogP contribution in [0.1, 0.15) is 27.4 Å². The van der Waals surface area contributed by atoms with E-state index in [1.807, 2.05) is 29.7 Å². The van der Waals surface area contributed by atoms with Crippen LogP contribution in [-0.4, -0.2) is 15.6 Å². The van der Waals surface area contributed by atoms with Crippen LogP contribution in [0.15, 0.2) is 41.0 Å². The van der Waals surface area contributed by atoms with Gasteiger partial charge in [-0.3, -0.25) is 0 Å². The number of carbonyl (C=O) groups is 1. The Hall–Kier alpha value is -2.20. The van der Waals surface area contributed by atoms with Gasteiger partial charge in [-0.05, 0) is 36.8 Å². The molecule has 4 nitrogen and oxygen atoms in total. The van der Waals surface area contributed by atoms with Crippen molar-refractivity contribution in [2.75, 3.05) is 0 Å². The zero-order valence-corrected chi connectivity index (χ0v) is 12.2. The Morgan fingerprint density at radius 2 is 2.19 bits per heavy atom. The van der Waals surface area contributed by atoms with Crippen molar-refractivity contribution in [2.24, 2.45) is 0 Å². The number of benzene rings is 1. The average Bonchev–Trinajstić information content (AvgIpc) is 3.07. The number of furan rings is 1. The van der Waals surface area contributed by atoms with Gasteiger partial charge in [-0.2, -0.15) is 0 Å². The van der Waals surface area contributed by atoms with Crippen LogP contribution in [0.2, 0.25) is 0 Å². The summed E-state index contributed by atoms with van der Waals surface area (Å²) in [6.45, 7) is 2.53. The lowest BCUT2D eigenvalue weighted by Crippen LogP contribution is -2.04. The first-order valence-electron chi connectivity index (χ1n) is 6.55. The molecule has 0 spiro atoms. The topological polar surface area (TPSA) is 55.4 Å². The number of aromatic carboxylic acids is 1. The highest BCUT2D eigenvalue weighted by Gasteiger charge is 2.16. The van der Waals surface area contributed by atoms with Crippen molar-refractivity contribution in [3.8, 4) is 0 Å². The number of hydrogen-bond donors (Lipinski definition) is 1. The molecule has 0 amide bonds. The van der Waals surface area contributed by atoms with E-state index >= 15 is 0 Å². The zero-order chi connectivity index (χ0) is 15.0. The second-order valence-electron chi connectivity index (χ2n) is 4.91. The number of halogens is 1. The predicted octanol–water partition coefficient (Wildman–Crippen LogP) is 4.03. The lowest BCUT2D eigenvalue weighted by atomic mass is 10.1. The molecule has 0 bridgehead atoms. The SMILES string of the molecule is Cc1c(CCl)n(Cc2ccco2)c2cc(C(=O)O)ccc12. The molecular formula is C16H14ClNO3. The Balaban J connectivity index is 2.23. The second-order valence-corrected chi connectivity index (χ2v) is 5.18. The van der Waals surface area contributed by atoms with Gasteiger partial charge in [0.2, 0.25) is 0 Å². The van der Waals surface area contributed by atoms with Crippen molar-refractivity contribution in [1.82, 2.24) is 4.57 Å². The number of aryl methyl sites for hydroxylation is 1. The molecule has 0 radical (unpaired) electrons. The summed E-state index contributed by atoms with van der Waals surface area (Å²) in [7, 11) is 0. The molecule has 0 aliphatic heterocycles. The fourth-order valence-corrected chi connectivity index (χ4v) is 2.96. The fraction of sp³-hybridized carbons (Fsp3) is 0.188. The molecule has 0 aliphatic carbocycles. The molecule has 0 atom stereocenters. The zero-order valence-electron chi connectivity index (χ0n) is 11.5. The minimum atomic E-state index is -0.937. The van der Waals surface area contributed by atoms with Gasteiger partial charge in [0, 0.05) is 16.6 Å². The van der Waals surface area contributed by atoms with Crippen LogP contribution in [0.4, 0.5) is 0 Å². The van der Waals surface area contributed by atoms with E-state index in [1.165, 1.54) is 0 Å². The number of carboxylic acids is 1. The monoisotopic (exact) mass is 303 g/mol. The molecule has 21 heavy (non-hydrogen) atoms. The first-order valence-corrected chi connectivity index (χ1v) is 7.08. The molecular weight excluding hydrogens is 290 g/mol. The summed E-state index contributed by atoms with van der Waals surface area (Å²) in [5, 5.41) is 10.2. The standard InChI is InChI=1S/C16H14ClNO3/c1-10-13-5-4-11(16(19)20)7-14(13)18(15(10)8-17)9-12-3-2-6-21-12/h2-7H,8-9H2,1H3,(H,19,20). The molecule has 0 saturated carbocycles. The number of hydrogen-bond acceptors (Lipinski definition) is 2. The Kier molecular flexibility index (Phi) is 3.47. The Morgan fingerprint density at radius 3 is 2.81 bits per heavy atom. The number of alkyl halides is 1. The molecule has 2 heterocycles. The van der Waals surface area contributed by atoms with Gasteiger partial charge in [-0.25, -0.2) is 4.79 Å². The molecule has 0 saturated heterocycles. The minimum Gasteiger partial charge on any atom is -0.478 e. The van der Waals surface area contributed by atoms with Crippen LogP contribution >= 0.6 is 11.6 Å². The molecule has 108 valence electrons. The summed E-state index contributed by atoms with van der Waals surface area (Å²) >= 11 is 6.08. The molecule has 0 aliphatic rings. The summed E-state index contributed by atoms with van der Waals surface area (Å²) in [6.07, 6.45) is 1.62. The Bertz CT molecular complexity index is 803. The molecule has 0 unspecified atom stereocenters. The predicted molar refractivity (Wildman–Crippen MR) is 81.0 cm³/mol. The normalized spacial score (nSPS) is 11.1. The van der Waals surface area contributed by atoms with E-state index in [2.05, 4.69) is 0 Å². The average molecular weight is 304 g/mol. The molecule has 5 heteroatoms. The van der Waals surface area contributed by atoms with Crippen LogP contribution in [0, 0.1) is 6.92 Å². The lowest BCUT2D eigenvalue weighted by Gasteiger charge is -2.08. The quantitative estimate of drug-likeness (QED) is 0.740. The largest absolute Gasteiger partial charge is 0.478 e. The molecule has 3 rings (SSSR count). The van der Waals surface area contributed by atoms with Gasteiger partial charge in [0.15, 0.2) is 0 Å². The van der Waals surface area contributed by atoms with Gasteiger partial charge < -0.3 is 14.1 Å². The maximum atomic E-state index is 11.2. The van der Waals surface area contributed by atoms with Gasteiger partial charge >= 0.3 is 5.97 Å². The van der Waals surface area contributed by atoms with E-state index in [0.29, 0.717) is 12.4 Å². The van der Waals surface area contributed by atoms with Gasteiger partial charge in [0.25, 0.3) is 0 Å². The van der Waals surface area contributed by atoms with Crippen molar-refractivity contribution in [3.63, 3.8) is 0 Å². The van der Waals surface area contributed by atoms with Crippen molar-refractivity contribution < 1.29 is 14.3 Å². The molecule has 0 fully saturated rings. The third-order valence-corrected chi connectivity index (χ3v) is 3.97. The lowest BCUT2D eigenvalue weighted by molar-refractivity contribution is 0.0697. The number of rotatable bonds is 4. The number of carboxylic acid groups (broad SMARTS) is 1. The van der Waals surface area contributed by atoms with Gasteiger partial charge in [-0.15, -0.1) is 11.6 Å². The molecule has 3 aromatic rings. The van der Waals surface area contributed by atoms with Crippen molar-refractivity contribution >= 4 is 28.5 Å². The van der Waals surface area contributed by atoms with Crippen LogP contribution in [0.5, 0.6) is 0 Å². The summed E-state index contributed by atoms with van der Waals surface area (Å²) < 4.78 is 7.41. The number of aromatic nitrogens is 1. The van der Waals surface area contributed by atoms with Crippen molar-refractivity contribution in [3.05, 3.63) is 59.2 Å². The maximum absolute atomic E-state index is 11.2. The third kappa shape index (κ3) is 2.32. The van der Waals surface area contributed by atoms with Crippen LogP contribution in [0.3, 0.4) is 0 Å². The molecule has 1 N–H and O–H groups in total. The summed E-state index contributed by atoms with van der Waals surface area (Å²) in [4.78, 5) is 11.2. The van der Waals surface area contributed by atoms with Gasteiger partial charge in [-0.1, -0.05) is 6.07 Å². The highest BCUT2D eigenvalue weighted by Crippen LogP contribution is 2.28. The maximum Gasteiger partial charge on any atom is 0.335 e. The highest BCUT2D eigenvalue weighted by molar-refractivity contribution is 6.17. The van der Waals surface area contributed by atoms with Crippen molar-refractivity contribution in [1.29, 1.82) is 0 Å². The Labute approximate surface area is 126 Å². The van der Waals surface area contributed by atoms with E-state index in [0.717, 1.165) is 27.9 Å². The van der Waals surface area contributed by atoms with Crippen molar-refractivity contribution in [2.45, 2.75) is 19.3 Å². The van der Waals surface area contributed by atoms with Gasteiger partial charge in [0.1, 0.15) is 5.76 Å². The smallest absolute Gasteiger partial charge is 0.335 e. The van der Waals surface area contributed by atoms with Crippen LogP contribution in [-0.2, 0) is 12.4 Å². The van der Waals surface area contributed by atoms with E-state index in [4.69, 9.17) is 16.0 Å². The summed E-state index contributed by atoms with van der Waals surface area (Å²) in [6, 6.07) is 8.86.